The standard InChI is InChI=1S/C11H21ClN2/c1-2-14(8-4-7-12)11-6-3-5-10(11)9-13/h4,7,10-11H,2-3,5-6,8-9,13H2,1H3. The zero-order valence-corrected chi connectivity index (χ0v) is 9.71. The number of hydrogen-bond acceptors (Lipinski definition) is 2. The first-order valence-electron chi connectivity index (χ1n) is 5.52. The van der Waals surface area contributed by atoms with E-state index in [4.69, 9.17) is 17.3 Å². The van der Waals surface area contributed by atoms with Crippen LogP contribution in [-0.4, -0.2) is 30.6 Å². The van der Waals surface area contributed by atoms with Gasteiger partial charge < -0.3 is 5.73 Å². The Kier molecular flexibility index (Phi) is 5.53. The van der Waals surface area contributed by atoms with Gasteiger partial charge in [-0.05, 0) is 31.8 Å². The summed E-state index contributed by atoms with van der Waals surface area (Å²) in [5.74, 6) is 0.693. The van der Waals surface area contributed by atoms with Gasteiger partial charge in [-0.2, -0.15) is 0 Å². The lowest BCUT2D eigenvalue weighted by Gasteiger charge is -2.30. The Hall–Kier alpha value is -0.0500. The average molecular weight is 217 g/mol. The molecule has 0 saturated heterocycles. The second kappa shape index (κ2) is 6.44. The van der Waals surface area contributed by atoms with Gasteiger partial charge in [-0.25, -0.2) is 0 Å². The fourth-order valence-corrected chi connectivity index (χ4v) is 2.53. The Balaban J connectivity index is 2.49. The van der Waals surface area contributed by atoms with E-state index in [2.05, 4.69) is 11.8 Å². The predicted octanol–water partition coefficient (Wildman–Crippen LogP) is 2.19. The van der Waals surface area contributed by atoms with Crippen molar-refractivity contribution in [1.29, 1.82) is 0 Å². The van der Waals surface area contributed by atoms with E-state index in [-0.39, 0.29) is 0 Å². The monoisotopic (exact) mass is 216 g/mol. The van der Waals surface area contributed by atoms with E-state index in [1.54, 1.807) is 5.54 Å². The molecule has 0 aromatic carbocycles. The molecule has 0 bridgehead atoms. The van der Waals surface area contributed by atoms with Gasteiger partial charge in [0.25, 0.3) is 0 Å². The number of nitrogens with zero attached hydrogens (tertiary/aromatic N) is 1. The van der Waals surface area contributed by atoms with Gasteiger partial charge in [-0.1, -0.05) is 31.0 Å². The topological polar surface area (TPSA) is 29.3 Å². The highest BCUT2D eigenvalue weighted by Crippen LogP contribution is 2.28. The highest BCUT2D eigenvalue weighted by Gasteiger charge is 2.29. The summed E-state index contributed by atoms with van der Waals surface area (Å²) >= 11 is 5.55. The summed E-state index contributed by atoms with van der Waals surface area (Å²) in [5.41, 5.74) is 7.38. The van der Waals surface area contributed by atoms with E-state index in [1.807, 2.05) is 6.08 Å². The van der Waals surface area contributed by atoms with Crippen LogP contribution in [-0.2, 0) is 0 Å². The van der Waals surface area contributed by atoms with Crippen LogP contribution in [0.2, 0.25) is 0 Å². The van der Waals surface area contributed by atoms with Gasteiger partial charge >= 0.3 is 0 Å². The number of nitrogens with two attached hydrogens (primary N) is 1. The highest BCUT2D eigenvalue weighted by atomic mass is 35.5. The first-order chi connectivity index (χ1) is 6.83. The Morgan fingerprint density at radius 2 is 2.29 bits per heavy atom. The largest absolute Gasteiger partial charge is 0.330 e. The molecule has 0 aromatic rings. The minimum absolute atomic E-state index is 0.679. The molecule has 0 amide bonds. The molecule has 82 valence electrons. The number of likely N-dealkylation sites (N-methyl/N-ethyl adjacent to an activating group) is 1. The van der Waals surface area contributed by atoms with E-state index >= 15 is 0 Å². The van der Waals surface area contributed by atoms with Crippen LogP contribution < -0.4 is 5.73 Å². The summed E-state index contributed by atoms with van der Waals surface area (Å²) in [5, 5.41) is 0. The molecule has 0 aromatic heterocycles. The minimum atomic E-state index is 0.679. The zero-order valence-electron chi connectivity index (χ0n) is 8.95. The summed E-state index contributed by atoms with van der Waals surface area (Å²) in [7, 11) is 0. The van der Waals surface area contributed by atoms with Crippen molar-refractivity contribution in [3.63, 3.8) is 0 Å². The number of halogens is 1. The lowest BCUT2D eigenvalue weighted by molar-refractivity contribution is 0.188. The lowest BCUT2D eigenvalue weighted by Crippen LogP contribution is -2.40. The number of rotatable bonds is 5. The molecule has 0 spiro atoms. The van der Waals surface area contributed by atoms with Gasteiger partial charge in [0.15, 0.2) is 0 Å². The summed E-state index contributed by atoms with van der Waals surface area (Å²) in [6.07, 6.45) is 5.93. The summed E-state index contributed by atoms with van der Waals surface area (Å²) in [6, 6.07) is 0.679. The van der Waals surface area contributed by atoms with Crippen LogP contribution >= 0.6 is 11.6 Å². The van der Waals surface area contributed by atoms with Crippen molar-refractivity contribution < 1.29 is 0 Å². The van der Waals surface area contributed by atoms with Crippen LogP contribution in [0.3, 0.4) is 0 Å². The fraction of sp³-hybridized carbons (Fsp3) is 0.818. The third-order valence-electron chi connectivity index (χ3n) is 3.23. The average Bonchev–Trinajstić information content (AvgIpc) is 2.67. The molecule has 2 N–H and O–H groups in total. The first-order valence-corrected chi connectivity index (χ1v) is 5.96. The maximum Gasteiger partial charge on any atom is 0.0177 e. The Morgan fingerprint density at radius 1 is 1.50 bits per heavy atom. The minimum Gasteiger partial charge on any atom is -0.330 e. The van der Waals surface area contributed by atoms with E-state index in [0.29, 0.717) is 12.0 Å². The third kappa shape index (κ3) is 2.97. The predicted molar refractivity (Wildman–Crippen MR) is 62.4 cm³/mol. The second-order valence-corrected chi connectivity index (χ2v) is 4.20. The van der Waals surface area contributed by atoms with Gasteiger partial charge in [-0.15, -0.1) is 0 Å². The second-order valence-electron chi connectivity index (χ2n) is 3.94. The molecular weight excluding hydrogens is 196 g/mol. The van der Waals surface area contributed by atoms with Gasteiger partial charge in [0.05, 0.1) is 0 Å². The summed E-state index contributed by atoms with van der Waals surface area (Å²) in [6.45, 7) is 5.07. The molecule has 3 heteroatoms. The van der Waals surface area contributed by atoms with Crippen LogP contribution in [0, 0.1) is 5.92 Å². The molecule has 1 aliphatic rings. The van der Waals surface area contributed by atoms with Gasteiger partial charge in [-0.3, -0.25) is 4.90 Å². The van der Waals surface area contributed by atoms with Crippen LogP contribution in [0.5, 0.6) is 0 Å². The molecular formula is C11H21ClN2. The van der Waals surface area contributed by atoms with Crippen LogP contribution in [0.4, 0.5) is 0 Å². The Bertz CT molecular complexity index is 182. The molecule has 2 atom stereocenters. The molecule has 0 radical (unpaired) electrons. The fourth-order valence-electron chi connectivity index (χ4n) is 2.45. The van der Waals surface area contributed by atoms with Gasteiger partial charge in [0.1, 0.15) is 0 Å². The van der Waals surface area contributed by atoms with Crippen molar-refractivity contribution in [2.24, 2.45) is 11.7 Å². The zero-order chi connectivity index (χ0) is 10.4. The Morgan fingerprint density at radius 3 is 2.86 bits per heavy atom. The van der Waals surface area contributed by atoms with Crippen LogP contribution in [0.1, 0.15) is 26.2 Å². The molecule has 1 aliphatic carbocycles. The maximum absolute atomic E-state index is 5.77. The van der Waals surface area contributed by atoms with E-state index in [9.17, 15) is 0 Å². The van der Waals surface area contributed by atoms with Crippen LogP contribution in [0.25, 0.3) is 0 Å². The molecule has 1 rings (SSSR count). The van der Waals surface area contributed by atoms with Crippen molar-refractivity contribution >= 4 is 11.6 Å². The van der Waals surface area contributed by atoms with Crippen LogP contribution in [0.15, 0.2) is 11.6 Å². The van der Waals surface area contributed by atoms with E-state index < -0.39 is 0 Å². The van der Waals surface area contributed by atoms with Gasteiger partial charge in [0, 0.05) is 18.1 Å². The molecule has 1 saturated carbocycles. The highest BCUT2D eigenvalue weighted by molar-refractivity contribution is 6.25. The van der Waals surface area contributed by atoms with E-state index in [0.717, 1.165) is 19.6 Å². The normalized spacial score (nSPS) is 28.0. The SMILES string of the molecule is CCN(CC=CCl)C1CCCC1CN. The van der Waals surface area contributed by atoms with Crippen molar-refractivity contribution in [3.8, 4) is 0 Å². The number of hydrogen-bond donors (Lipinski definition) is 1. The molecule has 0 aliphatic heterocycles. The Labute approximate surface area is 92.1 Å². The van der Waals surface area contributed by atoms with Crippen molar-refractivity contribution in [2.45, 2.75) is 32.2 Å². The van der Waals surface area contributed by atoms with Crippen molar-refractivity contribution in [3.05, 3.63) is 11.6 Å². The summed E-state index contributed by atoms with van der Waals surface area (Å²) < 4.78 is 0. The van der Waals surface area contributed by atoms with Crippen molar-refractivity contribution in [2.75, 3.05) is 19.6 Å². The maximum atomic E-state index is 5.77. The smallest absolute Gasteiger partial charge is 0.0177 e. The molecule has 2 nitrogen and oxygen atoms in total. The first kappa shape index (κ1) is 12.0. The lowest BCUT2D eigenvalue weighted by atomic mass is 10.0. The van der Waals surface area contributed by atoms with Gasteiger partial charge in [0.2, 0.25) is 0 Å². The van der Waals surface area contributed by atoms with E-state index in [1.165, 1.54) is 19.3 Å². The third-order valence-corrected chi connectivity index (χ3v) is 3.40. The quantitative estimate of drug-likeness (QED) is 0.764. The van der Waals surface area contributed by atoms with Crippen molar-refractivity contribution in [1.82, 2.24) is 4.90 Å². The molecule has 14 heavy (non-hydrogen) atoms. The molecule has 2 unspecified atom stereocenters. The molecule has 0 heterocycles. The summed E-state index contributed by atoms with van der Waals surface area (Å²) in [4.78, 5) is 2.48. The molecule has 1 fully saturated rings.